The van der Waals surface area contributed by atoms with Crippen LogP contribution in [0.15, 0.2) is 12.1 Å². The Hall–Kier alpha value is -1.34. The second kappa shape index (κ2) is 5.11. The summed E-state index contributed by atoms with van der Waals surface area (Å²) >= 11 is 5.73. The zero-order chi connectivity index (χ0) is 14.1. The van der Waals surface area contributed by atoms with Gasteiger partial charge in [-0.25, -0.2) is 8.42 Å². The van der Waals surface area contributed by atoms with Crippen molar-refractivity contribution in [3.8, 4) is 0 Å². The highest BCUT2D eigenvalue weighted by molar-refractivity contribution is 7.93. The summed E-state index contributed by atoms with van der Waals surface area (Å²) < 4.78 is 25.7. The van der Waals surface area contributed by atoms with Gasteiger partial charge in [-0.05, 0) is 32.4 Å². The zero-order valence-corrected chi connectivity index (χ0v) is 11.7. The first-order chi connectivity index (χ1) is 8.15. The number of halogens is 1. The number of nitro benzene ring substituents is 1. The van der Waals surface area contributed by atoms with Crippen molar-refractivity contribution in [1.29, 1.82) is 0 Å². The van der Waals surface area contributed by atoms with Crippen molar-refractivity contribution in [2.75, 3.05) is 4.72 Å². The van der Waals surface area contributed by atoms with E-state index in [4.69, 9.17) is 11.6 Å². The number of anilines is 1. The van der Waals surface area contributed by atoms with E-state index in [9.17, 15) is 18.5 Å². The molecule has 0 aliphatic heterocycles. The summed E-state index contributed by atoms with van der Waals surface area (Å²) in [5, 5.41) is 9.95. The van der Waals surface area contributed by atoms with Crippen LogP contribution in [0.1, 0.15) is 19.4 Å². The molecule has 0 saturated carbocycles. The van der Waals surface area contributed by atoms with Crippen molar-refractivity contribution in [1.82, 2.24) is 0 Å². The number of sulfonamides is 1. The lowest BCUT2D eigenvalue weighted by molar-refractivity contribution is -0.384. The summed E-state index contributed by atoms with van der Waals surface area (Å²) in [6.45, 7) is 4.64. The molecule has 18 heavy (non-hydrogen) atoms. The van der Waals surface area contributed by atoms with Crippen LogP contribution in [0.5, 0.6) is 0 Å². The second-order valence-electron chi connectivity index (χ2n) is 4.07. The van der Waals surface area contributed by atoms with Gasteiger partial charge < -0.3 is 0 Å². The smallest absolute Gasteiger partial charge is 0.283 e. The molecule has 1 rings (SSSR count). The Morgan fingerprint density at radius 3 is 2.39 bits per heavy atom. The molecule has 6 nitrogen and oxygen atoms in total. The molecule has 0 unspecified atom stereocenters. The van der Waals surface area contributed by atoms with E-state index in [0.29, 0.717) is 5.56 Å². The van der Waals surface area contributed by atoms with Gasteiger partial charge in [-0.1, -0.05) is 11.6 Å². The number of rotatable bonds is 4. The molecule has 0 atom stereocenters. The van der Waals surface area contributed by atoms with Gasteiger partial charge in [-0.2, -0.15) is 0 Å². The second-order valence-corrected chi connectivity index (χ2v) is 6.72. The van der Waals surface area contributed by atoms with Gasteiger partial charge in [0.25, 0.3) is 5.69 Å². The highest BCUT2D eigenvalue weighted by atomic mass is 35.5. The van der Waals surface area contributed by atoms with Crippen LogP contribution in [-0.2, 0) is 10.0 Å². The normalized spacial score (nSPS) is 11.6. The third-order valence-electron chi connectivity index (χ3n) is 2.36. The number of nitrogens with zero attached hydrogens (tertiary/aromatic N) is 1. The van der Waals surface area contributed by atoms with Crippen molar-refractivity contribution in [2.45, 2.75) is 26.0 Å². The minimum Gasteiger partial charge on any atom is -0.283 e. The monoisotopic (exact) mass is 292 g/mol. The Morgan fingerprint density at radius 2 is 1.94 bits per heavy atom. The molecule has 0 spiro atoms. The van der Waals surface area contributed by atoms with Crippen LogP contribution < -0.4 is 4.72 Å². The SMILES string of the molecule is Cc1cc([N+](=O)[O-])c(Cl)cc1NS(=O)(=O)C(C)C. The third kappa shape index (κ3) is 3.11. The molecule has 0 aliphatic carbocycles. The number of aryl methyl sites for hydroxylation is 1. The van der Waals surface area contributed by atoms with Gasteiger partial charge in [-0.15, -0.1) is 0 Å². The van der Waals surface area contributed by atoms with Crippen LogP contribution in [0, 0.1) is 17.0 Å². The van der Waals surface area contributed by atoms with Crippen LogP contribution in [0.3, 0.4) is 0 Å². The number of hydrogen-bond donors (Lipinski definition) is 1. The van der Waals surface area contributed by atoms with E-state index in [2.05, 4.69) is 4.72 Å². The van der Waals surface area contributed by atoms with Gasteiger partial charge >= 0.3 is 0 Å². The molecule has 0 saturated heterocycles. The van der Waals surface area contributed by atoms with Crippen LogP contribution in [0.4, 0.5) is 11.4 Å². The minimum atomic E-state index is -3.50. The van der Waals surface area contributed by atoms with Gasteiger partial charge in [0, 0.05) is 6.07 Å². The zero-order valence-electron chi connectivity index (χ0n) is 10.1. The van der Waals surface area contributed by atoms with Crippen LogP contribution in [-0.4, -0.2) is 18.6 Å². The largest absolute Gasteiger partial charge is 0.288 e. The van der Waals surface area contributed by atoms with E-state index in [1.54, 1.807) is 6.92 Å². The summed E-state index contributed by atoms with van der Waals surface area (Å²) in [4.78, 5) is 10.0. The van der Waals surface area contributed by atoms with Gasteiger partial charge in [-0.3, -0.25) is 14.8 Å². The molecular weight excluding hydrogens is 280 g/mol. The summed E-state index contributed by atoms with van der Waals surface area (Å²) in [5.41, 5.74) is 0.441. The van der Waals surface area contributed by atoms with Crippen molar-refractivity contribution in [3.05, 3.63) is 32.8 Å². The van der Waals surface area contributed by atoms with Gasteiger partial charge in [0.05, 0.1) is 15.9 Å². The summed E-state index contributed by atoms with van der Waals surface area (Å²) in [7, 11) is -3.50. The van der Waals surface area contributed by atoms with Gasteiger partial charge in [0.2, 0.25) is 10.0 Å². The van der Waals surface area contributed by atoms with Crippen molar-refractivity contribution in [2.24, 2.45) is 0 Å². The molecular formula is C10H13ClN2O4S. The average molecular weight is 293 g/mol. The summed E-state index contributed by atoms with van der Waals surface area (Å²) in [6, 6.07) is 2.48. The maximum Gasteiger partial charge on any atom is 0.288 e. The lowest BCUT2D eigenvalue weighted by atomic mass is 10.2. The van der Waals surface area contributed by atoms with E-state index in [1.807, 2.05) is 0 Å². The fourth-order valence-corrected chi connectivity index (χ4v) is 2.18. The Balaban J connectivity index is 3.22. The number of benzene rings is 1. The third-order valence-corrected chi connectivity index (χ3v) is 4.41. The van der Waals surface area contributed by atoms with Crippen LogP contribution in [0.2, 0.25) is 5.02 Å². The molecule has 0 aliphatic rings. The predicted molar refractivity (Wildman–Crippen MR) is 70.5 cm³/mol. The summed E-state index contributed by atoms with van der Waals surface area (Å²) in [5.74, 6) is 0. The van der Waals surface area contributed by atoms with E-state index in [1.165, 1.54) is 26.0 Å². The number of nitrogens with one attached hydrogen (secondary N) is 1. The quantitative estimate of drug-likeness (QED) is 0.682. The molecule has 100 valence electrons. The van der Waals surface area contributed by atoms with E-state index < -0.39 is 20.2 Å². The standard InChI is InChI=1S/C10H13ClN2O4S/c1-6(2)18(16,17)12-9-5-8(11)10(13(14)15)4-7(9)3/h4-6,12H,1-3H3. The molecule has 0 radical (unpaired) electrons. The maximum absolute atomic E-state index is 11.7. The van der Waals surface area contributed by atoms with Crippen LogP contribution >= 0.6 is 11.6 Å². The lowest BCUT2D eigenvalue weighted by Gasteiger charge is -2.13. The Kier molecular flexibility index (Phi) is 4.18. The van der Waals surface area contributed by atoms with E-state index in [0.717, 1.165) is 0 Å². The van der Waals surface area contributed by atoms with E-state index >= 15 is 0 Å². The molecule has 0 heterocycles. The first-order valence-corrected chi connectivity index (χ1v) is 7.03. The fourth-order valence-electron chi connectivity index (χ4n) is 1.19. The van der Waals surface area contributed by atoms with E-state index in [-0.39, 0.29) is 16.4 Å². The fraction of sp³-hybridized carbons (Fsp3) is 0.400. The van der Waals surface area contributed by atoms with Gasteiger partial charge in [0.1, 0.15) is 5.02 Å². The topological polar surface area (TPSA) is 89.3 Å². The van der Waals surface area contributed by atoms with Crippen molar-refractivity contribution >= 4 is 33.0 Å². The Bertz CT molecular complexity index is 584. The molecule has 1 aromatic carbocycles. The van der Waals surface area contributed by atoms with Crippen molar-refractivity contribution < 1.29 is 13.3 Å². The Morgan fingerprint density at radius 1 is 1.39 bits per heavy atom. The molecule has 1 N–H and O–H groups in total. The van der Waals surface area contributed by atoms with Crippen molar-refractivity contribution in [3.63, 3.8) is 0 Å². The first kappa shape index (κ1) is 14.7. The highest BCUT2D eigenvalue weighted by Crippen LogP contribution is 2.31. The maximum atomic E-state index is 11.7. The molecule has 0 aromatic heterocycles. The molecule has 1 aromatic rings. The molecule has 0 bridgehead atoms. The average Bonchev–Trinajstić information content (AvgIpc) is 2.21. The minimum absolute atomic E-state index is 0.105. The van der Waals surface area contributed by atoms with Crippen LogP contribution in [0.25, 0.3) is 0 Å². The predicted octanol–water partition coefficient (Wildman–Crippen LogP) is 2.71. The lowest BCUT2D eigenvalue weighted by Crippen LogP contribution is -2.22. The summed E-state index contributed by atoms with van der Waals surface area (Å²) in [6.07, 6.45) is 0. The number of nitro groups is 1. The number of hydrogen-bond acceptors (Lipinski definition) is 4. The molecule has 0 fully saturated rings. The molecule has 8 heteroatoms. The highest BCUT2D eigenvalue weighted by Gasteiger charge is 2.20. The Labute approximate surface area is 110 Å². The van der Waals surface area contributed by atoms with Gasteiger partial charge in [0.15, 0.2) is 0 Å². The molecule has 0 amide bonds. The first-order valence-electron chi connectivity index (χ1n) is 5.11.